The quantitative estimate of drug-likeness (QED) is 0.679. The van der Waals surface area contributed by atoms with Crippen molar-refractivity contribution in [2.75, 3.05) is 6.54 Å². The van der Waals surface area contributed by atoms with Gasteiger partial charge in [0.2, 0.25) is 0 Å². The van der Waals surface area contributed by atoms with Gasteiger partial charge < -0.3 is 5.32 Å². The fourth-order valence-electron chi connectivity index (χ4n) is 2.15. The number of pyridine rings is 1. The molecular formula is C16H18BrIN2. The van der Waals surface area contributed by atoms with Gasteiger partial charge in [-0.25, -0.2) is 0 Å². The van der Waals surface area contributed by atoms with Crippen LogP contribution in [-0.4, -0.2) is 11.5 Å². The number of aryl methyl sites for hydroxylation is 1. The van der Waals surface area contributed by atoms with E-state index in [4.69, 9.17) is 0 Å². The van der Waals surface area contributed by atoms with Gasteiger partial charge in [-0.15, -0.1) is 0 Å². The van der Waals surface area contributed by atoms with Crippen LogP contribution in [0, 0.1) is 10.5 Å². The molecule has 0 saturated heterocycles. The van der Waals surface area contributed by atoms with E-state index in [1.807, 2.05) is 6.20 Å². The number of hydrogen-bond donors (Lipinski definition) is 1. The Bertz CT molecular complexity index is 569. The van der Waals surface area contributed by atoms with E-state index in [9.17, 15) is 0 Å². The second kappa shape index (κ2) is 7.52. The smallest absolute Gasteiger partial charge is 0.0422 e. The van der Waals surface area contributed by atoms with E-state index in [1.54, 1.807) is 0 Å². The van der Waals surface area contributed by atoms with E-state index in [2.05, 4.69) is 93.0 Å². The van der Waals surface area contributed by atoms with Crippen LogP contribution in [-0.2, 0) is 6.42 Å². The van der Waals surface area contributed by atoms with Gasteiger partial charge in [-0.05, 0) is 71.5 Å². The summed E-state index contributed by atoms with van der Waals surface area (Å²) in [4.78, 5) is 4.52. The van der Waals surface area contributed by atoms with Crippen LogP contribution in [0.1, 0.15) is 29.8 Å². The molecule has 0 bridgehead atoms. The van der Waals surface area contributed by atoms with Crippen molar-refractivity contribution >= 4 is 38.5 Å². The lowest BCUT2D eigenvalue weighted by atomic mass is 10.0. The van der Waals surface area contributed by atoms with Crippen molar-refractivity contribution in [3.63, 3.8) is 0 Å². The summed E-state index contributed by atoms with van der Waals surface area (Å²) in [6.45, 7) is 5.14. The standard InChI is InChI=1S/C16H18BrIN2/c1-3-19-16(9-13-6-4-11(2)10-20-13)14-8-12(18)5-7-15(14)17/h4-8,10,16,19H,3,9H2,1-2H3. The lowest BCUT2D eigenvalue weighted by Crippen LogP contribution is -2.23. The summed E-state index contributed by atoms with van der Waals surface area (Å²) in [5.74, 6) is 0. The lowest BCUT2D eigenvalue weighted by molar-refractivity contribution is 0.542. The van der Waals surface area contributed by atoms with E-state index in [-0.39, 0.29) is 6.04 Å². The first-order valence-corrected chi connectivity index (χ1v) is 8.57. The molecule has 1 N–H and O–H groups in total. The van der Waals surface area contributed by atoms with Crippen LogP contribution in [0.15, 0.2) is 41.0 Å². The zero-order valence-corrected chi connectivity index (χ0v) is 15.4. The minimum Gasteiger partial charge on any atom is -0.310 e. The van der Waals surface area contributed by atoms with Crippen LogP contribution >= 0.6 is 38.5 Å². The molecule has 0 fully saturated rings. The summed E-state index contributed by atoms with van der Waals surface area (Å²) in [6.07, 6.45) is 2.83. The number of nitrogens with one attached hydrogen (secondary N) is 1. The van der Waals surface area contributed by atoms with Crippen molar-refractivity contribution in [2.24, 2.45) is 0 Å². The number of hydrogen-bond acceptors (Lipinski definition) is 2. The highest BCUT2D eigenvalue weighted by Crippen LogP contribution is 2.27. The average Bonchev–Trinajstić information content (AvgIpc) is 2.43. The fourth-order valence-corrected chi connectivity index (χ4v) is 3.19. The first kappa shape index (κ1) is 15.9. The maximum atomic E-state index is 4.52. The van der Waals surface area contributed by atoms with Crippen molar-refractivity contribution in [3.8, 4) is 0 Å². The van der Waals surface area contributed by atoms with Gasteiger partial charge >= 0.3 is 0 Å². The number of aromatic nitrogens is 1. The number of halogens is 2. The highest BCUT2D eigenvalue weighted by atomic mass is 127. The van der Waals surface area contributed by atoms with Crippen LogP contribution in [0.4, 0.5) is 0 Å². The SMILES string of the molecule is CCNC(Cc1ccc(C)cn1)c1cc(I)ccc1Br. The van der Waals surface area contributed by atoms with Crippen molar-refractivity contribution < 1.29 is 0 Å². The molecule has 1 aromatic carbocycles. The summed E-state index contributed by atoms with van der Waals surface area (Å²) in [7, 11) is 0. The van der Waals surface area contributed by atoms with Gasteiger partial charge in [-0.1, -0.05) is 28.9 Å². The molecule has 4 heteroatoms. The van der Waals surface area contributed by atoms with Gasteiger partial charge in [0, 0.05) is 32.4 Å². The Balaban J connectivity index is 2.26. The zero-order chi connectivity index (χ0) is 14.5. The molecule has 2 aromatic rings. The zero-order valence-electron chi connectivity index (χ0n) is 11.7. The monoisotopic (exact) mass is 444 g/mol. The Morgan fingerprint density at radius 2 is 2.10 bits per heavy atom. The molecule has 106 valence electrons. The number of rotatable bonds is 5. The molecule has 1 unspecified atom stereocenters. The second-order valence-corrected chi connectivity index (χ2v) is 6.91. The van der Waals surface area contributed by atoms with E-state index in [0.29, 0.717) is 0 Å². The normalized spacial score (nSPS) is 12.4. The summed E-state index contributed by atoms with van der Waals surface area (Å²) in [5.41, 5.74) is 3.61. The molecule has 0 spiro atoms. The number of nitrogens with zero attached hydrogens (tertiary/aromatic N) is 1. The largest absolute Gasteiger partial charge is 0.310 e. The molecule has 0 saturated carbocycles. The molecule has 1 aromatic heterocycles. The highest BCUT2D eigenvalue weighted by molar-refractivity contribution is 14.1. The third-order valence-electron chi connectivity index (χ3n) is 3.17. The third kappa shape index (κ3) is 4.27. The summed E-state index contributed by atoms with van der Waals surface area (Å²) >= 11 is 6.02. The van der Waals surface area contributed by atoms with Crippen molar-refractivity contribution in [1.29, 1.82) is 0 Å². The van der Waals surface area contributed by atoms with E-state index >= 15 is 0 Å². The Hall–Kier alpha value is -0.460. The minimum absolute atomic E-state index is 0.277. The number of benzene rings is 1. The van der Waals surface area contributed by atoms with Crippen LogP contribution in [0.3, 0.4) is 0 Å². The predicted molar refractivity (Wildman–Crippen MR) is 96.0 cm³/mol. The highest BCUT2D eigenvalue weighted by Gasteiger charge is 2.15. The Morgan fingerprint density at radius 1 is 1.30 bits per heavy atom. The van der Waals surface area contributed by atoms with Crippen LogP contribution in [0.5, 0.6) is 0 Å². The van der Waals surface area contributed by atoms with E-state index in [1.165, 1.54) is 14.7 Å². The fraction of sp³-hybridized carbons (Fsp3) is 0.312. The van der Waals surface area contributed by atoms with Gasteiger partial charge in [-0.3, -0.25) is 4.98 Å². The minimum atomic E-state index is 0.277. The Morgan fingerprint density at radius 3 is 2.75 bits per heavy atom. The maximum absolute atomic E-state index is 4.52. The summed E-state index contributed by atoms with van der Waals surface area (Å²) in [5, 5.41) is 3.56. The third-order valence-corrected chi connectivity index (χ3v) is 4.56. The van der Waals surface area contributed by atoms with Crippen LogP contribution < -0.4 is 5.32 Å². The second-order valence-electron chi connectivity index (χ2n) is 4.81. The van der Waals surface area contributed by atoms with Gasteiger partial charge in [0.1, 0.15) is 0 Å². The Labute approximate surface area is 142 Å². The van der Waals surface area contributed by atoms with Gasteiger partial charge in [-0.2, -0.15) is 0 Å². The van der Waals surface area contributed by atoms with Gasteiger partial charge in [0.25, 0.3) is 0 Å². The van der Waals surface area contributed by atoms with E-state index in [0.717, 1.165) is 23.1 Å². The molecule has 0 radical (unpaired) electrons. The van der Waals surface area contributed by atoms with Crippen LogP contribution in [0.25, 0.3) is 0 Å². The molecule has 1 atom stereocenters. The first-order chi connectivity index (χ1) is 9.60. The molecular weight excluding hydrogens is 427 g/mol. The summed E-state index contributed by atoms with van der Waals surface area (Å²) in [6, 6.07) is 11.0. The summed E-state index contributed by atoms with van der Waals surface area (Å²) < 4.78 is 2.40. The average molecular weight is 445 g/mol. The predicted octanol–water partition coefficient (Wildman–Crippen LogP) is 4.65. The molecule has 2 rings (SSSR count). The maximum Gasteiger partial charge on any atom is 0.0422 e. The van der Waals surface area contributed by atoms with Crippen molar-refractivity contribution in [2.45, 2.75) is 26.3 Å². The molecule has 0 amide bonds. The van der Waals surface area contributed by atoms with E-state index < -0.39 is 0 Å². The topological polar surface area (TPSA) is 24.9 Å². The van der Waals surface area contributed by atoms with Crippen molar-refractivity contribution in [1.82, 2.24) is 10.3 Å². The first-order valence-electron chi connectivity index (χ1n) is 6.70. The van der Waals surface area contributed by atoms with Gasteiger partial charge in [0.05, 0.1) is 0 Å². The van der Waals surface area contributed by atoms with Gasteiger partial charge in [0.15, 0.2) is 0 Å². The number of likely N-dealkylation sites (N-methyl/N-ethyl adjacent to an activating group) is 1. The molecule has 1 heterocycles. The molecule has 0 aliphatic rings. The Kier molecular flexibility index (Phi) is 5.99. The molecule has 0 aliphatic carbocycles. The lowest BCUT2D eigenvalue weighted by Gasteiger charge is -2.20. The molecule has 20 heavy (non-hydrogen) atoms. The molecule has 0 aliphatic heterocycles. The van der Waals surface area contributed by atoms with Crippen LogP contribution in [0.2, 0.25) is 0 Å². The molecule has 2 nitrogen and oxygen atoms in total. The van der Waals surface area contributed by atoms with Crippen molar-refractivity contribution in [3.05, 3.63) is 61.4 Å².